The average Bonchev–Trinajstić information content (AvgIpc) is 2.74. The lowest BCUT2D eigenvalue weighted by Gasteiger charge is -2.36. The first-order valence-electron chi connectivity index (χ1n) is 7.25. The largest absolute Gasteiger partial charge is 0.380 e. The number of pyridine rings is 1. The molecule has 1 aromatic rings. The Morgan fingerprint density at radius 3 is 2.71 bits per heavy atom. The highest BCUT2D eigenvalue weighted by Crippen LogP contribution is 2.40. The maximum Gasteiger partial charge on any atom is 0.229 e. The van der Waals surface area contributed by atoms with E-state index in [4.69, 9.17) is 4.74 Å². The summed E-state index contributed by atoms with van der Waals surface area (Å²) in [6, 6.07) is 3.82. The van der Waals surface area contributed by atoms with Crippen LogP contribution in [0.3, 0.4) is 0 Å². The molecule has 3 heterocycles. The summed E-state index contributed by atoms with van der Waals surface area (Å²) >= 11 is 0. The zero-order chi connectivity index (χ0) is 15.1. The summed E-state index contributed by atoms with van der Waals surface area (Å²) < 4.78 is 5.29. The number of anilines is 1. The standard InChI is InChI=1S/C16H20N2O2Si/c1-21(2,3)8-6-13-5-4-7-17-15(13)18-10-16(9-14(18)19)11-20-12-16/h4-5,7H,9-12H2,1-3H3. The van der Waals surface area contributed by atoms with Crippen LogP contribution < -0.4 is 4.90 Å². The van der Waals surface area contributed by atoms with E-state index in [1.165, 1.54) is 0 Å². The summed E-state index contributed by atoms with van der Waals surface area (Å²) in [5.74, 6) is 4.08. The number of aromatic nitrogens is 1. The first-order chi connectivity index (χ1) is 9.89. The third kappa shape index (κ3) is 2.87. The van der Waals surface area contributed by atoms with E-state index in [9.17, 15) is 4.79 Å². The van der Waals surface area contributed by atoms with Crippen LogP contribution in [0.15, 0.2) is 18.3 Å². The molecular weight excluding hydrogens is 280 g/mol. The van der Waals surface area contributed by atoms with Gasteiger partial charge in [-0.3, -0.25) is 9.69 Å². The van der Waals surface area contributed by atoms with Crippen LogP contribution in [0.2, 0.25) is 19.6 Å². The minimum atomic E-state index is -1.46. The van der Waals surface area contributed by atoms with Crippen molar-refractivity contribution in [1.82, 2.24) is 4.98 Å². The molecule has 4 nitrogen and oxygen atoms in total. The van der Waals surface area contributed by atoms with Crippen LogP contribution in [-0.2, 0) is 9.53 Å². The Bertz CT molecular complexity index is 636. The Morgan fingerprint density at radius 2 is 2.14 bits per heavy atom. The fraction of sp³-hybridized carbons (Fsp3) is 0.500. The van der Waals surface area contributed by atoms with Crippen molar-refractivity contribution in [3.63, 3.8) is 0 Å². The Balaban J connectivity index is 1.92. The summed E-state index contributed by atoms with van der Waals surface area (Å²) in [6.07, 6.45) is 2.29. The second kappa shape index (κ2) is 4.97. The van der Waals surface area contributed by atoms with Gasteiger partial charge in [0.1, 0.15) is 8.07 Å². The lowest BCUT2D eigenvalue weighted by molar-refractivity contribution is -0.126. The van der Waals surface area contributed by atoms with Crippen LogP contribution in [0.4, 0.5) is 5.82 Å². The van der Waals surface area contributed by atoms with Gasteiger partial charge in [-0.1, -0.05) is 25.6 Å². The third-order valence-electron chi connectivity index (χ3n) is 3.75. The Hall–Kier alpha value is -1.64. The highest BCUT2D eigenvalue weighted by molar-refractivity contribution is 6.83. The second-order valence-electron chi connectivity index (χ2n) is 7.02. The molecule has 0 saturated carbocycles. The van der Waals surface area contributed by atoms with Crippen molar-refractivity contribution in [3.05, 3.63) is 23.9 Å². The molecule has 0 radical (unpaired) electrons. The van der Waals surface area contributed by atoms with E-state index in [-0.39, 0.29) is 11.3 Å². The summed E-state index contributed by atoms with van der Waals surface area (Å²) in [5.41, 5.74) is 4.22. The minimum absolute atomic E-state index is 0.0120. The van der Waals surface area contributed by atoms with Crippen LogP contribution in [0.1, 0.15) is 12.0 Å². The molecule has 21 heavy (non-hydrogen) atoms. The van der Waals surface area contributed by atoms with Gasteiger partial charge in [0.15, 0.2) is 5.82 Å². The van der Waals surface area contributed by atoms with Gasteiger partial charge < -0.3 is 4.74 Å². The second-order valence-corrected chi connectivity index (χ2v) is 11.8. The normalized spacial score (nSPS) is 20.1. The molecule has 1 spiro atoms. The zero-order valence-corrected chi connectivity index (χ0v) is 13.8. The van der Waals surface area contributed by atoms with Crippen molar-refractivity contribution < 1.29 is 9.53 Å². The Kier molecular flexibility index (Phi) is 3.38. The molecule has 0 unspecified atom stereocenters. The molecule has 1 aromatic heterocycles. The molecule has 2 aliphatic heterocycles. The van der Waals surface area contributed by atoms with Gasteiger partial charge in [-0.2, -0.15) is 0 Å². The number of carbonyl (C=O) groups is 1. The molecule has 0 aliphatic carbocycles. The maximum atomic E-state index is 12.3. The third-order valence-corrected chi connectivity index (χ3v) is 4.63. The molecule has 0 atom stereocenters. The van der Waals surface area contributed by atoms with Crippen molar-refractivity contribution in [2.24, 2.45) is 5.41 Å². The van der Waals surface area contributed by atoms with Crippen molar-refractivity contribution in [2.75, 3.05) is 24.7 Å². The van der Waals surface area contributed by atoms with E-state index in [0.29, 0.717) is 32.0 Å². The number of nitrogens with zero attached hydrogens (tertiary/aromatic N) is 2. The predicted octanol–water partition coefficient (Wildman–Crippen LogP) is 2.06. The number of ether oxygens (including phenoxy) is 1. The van der Waals surface area contributed by atoms with E-state index in [1.807, 2.05) is 12.1 Å². The fourth-order valence-corrected chi connectivity index (χ4v) is 3.15. The van der Waals surface area contributed by atoms with Crippen molar-refractivity contribution in [1.29, 1.82) is 0 Å². The van der Waals surface area contributed by atoms with Crippen molar-refractivity contribution in [3.8, 4) is 11.5 Å². The van der Waals surface area contributed by atoms with Crippen LogP contribution >= 0.6 is 0 Å². The predicted molar refractivity (Wildman–Crippen MR) is 84.7 cm³/mol. The molecular formula is C16H20N2O2Si. The molecule has 110 valence electrons. The molecule has 5 heteroatoms. The Labute approximate surface area is 126 Å². The zero-order valence-electron chi connectivity index (χ0n) is 12.8. The Morgan fingerprint density at radius 1 is 1.38 bits per heavy atom. The van der Waals surface area contributed by atoms with E-state index in [2.05, 4.69) is 36.1 Å². The lowest BCUT2D eigenvalue weighted by atomic mass is 9.85. The lowest BCUT2D eigenvalue weighted by Crippen LogP contribution is -2.44. The molecule has 2 fully saturated rings. The van der Waals surface area contributed by atoms with Gasteiger partial charge in [-0.25, -0.2) is 4.98 Å². The highest BCUT2D eigenvalue weighted by Gasteiger charge is 2.49. The molecule has 3 rings (SSSR count). The number of carbonyl (C=O) groups excluding carboxylic acids is 1. The van der Waals surface area contributed by atoms with Gasteiger partial charge >= 0.3 is 0 Å². The van der Waals surface area contributed by atoms with Crippen LogP contribution in [0, 0.1) is 16.9 Å². The van der Waals surface area contributed by atoms with E-state index < -0.39 is 8.07 Å². The summed E-state index contributed by atoms with van der Waals surface area (Å²) in [6.45, 7) is 8.67. The topological polar surface area (TPSA) is 42.4 Å². The molecule has 0 aromatic carbocycles. The summed E-state index contributed by atoms with van der Waals surface area (Å²) in [5, 5.41) is 0. The summed E-state index contributed by atoms with van der Waals surface area (Å²) in [4.78, 5) is 18.5. The first-order valence-corrected chi connectivity index (χ1v) is 10.7. The number of rotatable bonds is 1. The van der Waals surface area contributed by atoms with Crippen LogP contribution in [0.25, 0.3) is 0 Å². The summed E-state index contributed by atoms with van der Waals surface area (Å²) in [7, 11) is -1.46. The smallest absolute Gasteiger partial charge is 0.229 e. The van der Waals surface area contributed by atoms with Gasteiger partial charge in [0.2, 0.25) is 5.91 Å². The molecule has 0 bridgehead atoms. The van der Waals surface area contributed by atoms with Gasteiger partial charge in [-0.05, 0) is 12.1 Å². The molecule has 2 saturated heterocycles. The molecule has 2 aliphatic rings. The van der Waals surface area contributed by atoms with E-state index in [0.717, 1.165) is 5.56 Å². The highest BCUT2D eigenvalue weighted by atomic mass is 28.3. The van der Waals surface area contributed by atoms with Crippen molar-refractivity contribution >= 4 is 19.8 Å². The van der Waals surface area contributed by atoms with Crippen LogP contribution in [0.5, 0.6) is 0 Å². The SMILES string of the molecule is C[Si](C)(C)C#Cc1cccnc1N1CC2(COC2)CC1=O. The monoisotopic (exact) mass is 300 g/mol. The quantitative estimate of drug-likeness (QED) is 0.589. The van der Waals surface area contributed by atoms with E-state index in [1.54, 1.807) is 11.1 Å². The number of hydrogen-bond acceptors (Lipinski definition) is 3. The fourth-order valence-electron chi connectivity index (χ4n) is 2.64. The minimum Gasteiger partial charge on any atom is -0.380 e. The number of hydrogen-bond donors (Lipinski definition) is 0. The molecule has 0 N–H and O–H groups in total. The van der Waals surface area contributed by atoms with Gasteiger partial charge in [0.25, 0.3) is 0 Å². The average molecular weight is 300 g/mol. The van der Waals surface area contributed by atoms with Crippen LogP contribution in [-0.4, -0.2) is 38.7 Å². The first kappa shape index (κ1) is 14.3. The van der Waals surface area contributed by atoms with Gasteiger partial charge in [0.05, 0.1) is 18.8 Å². The van der Waals surface area contributed by atoms with Gasteiger partial charge in [0, 0.05) is 24.6 Å². The van der Waals surface area contributed by atoms with E-state index >= 15 is 0 Å². The maximum absolute atomic E-state index is 12.3. The van der Waals surface area contributed by atoms with Crippen molar-refractivity contribution in [2.45, 2.75) is 26.1 Å². The van der Waals surface area contributed by atoms with Gasteiger partial charge in [-0.15, -0.1) is 5.54 Å². The number of amides is 1. The molecule has 1 amide bonds.